The van der Waals surface area contributed by atoms with E-state index in [-0.39, 0.29) is 12.4 Å². The van der Waals surface area contributed by atoms with Gasteiger partial charge in [-0.1, -0.05) is 0 Å². The van der Waals surface area contributed by atoms with Crippen LogP contribution in [-0.2, 0) is 9.47 Å². The van der Waals surface area contributed by atoms with Crippen LogP contribution in [-0.4, -0.2) is 30.7 Å². The van der Waals surface area contributed by atoms with E-state index in [2.05, 4.69) is 0 Å². The van der Waals surface area contributed by atoms with Gasteiger partial charge < -0.3 is 14.6 Å². The number of rotatable bonds is 3. The predicted molar refractivity (Wildman–Crippen MR) is 41.2 cm³/mol. The van der Waals surface area contributed by atoms with Crippen LogP contribution in [0.4, 0.5) is 0 Å². The first-order valence-electron chi connectivity index (χ1n) is 4.20. The monoisotopic (exact) mass is 160 g/mol. The minimum Gasteiger partial charge on any atom is -0.391 e. The fourth-order valence-corrected chi connectivity index (χ4v) is 1.09. The van der Waals surface area contributed by atoms with Crippen LogP contribution in [0.1, 0.15) is 26.2 Å². The molecule has 0 aromatic carbocycles. The number of hydrogen-bond acceptors (Lipinski definition) is 3. The molecule has 3 heteroatoms. The van der Waals surface area contributed by atoms with Crippen LogP contribution in [0.3, 0.4) is 0 Å². The second-order valence-corrected chi connectivity index (χ2v) is 2.98. The lowest BCUT2D eigenvalue weighted by molar-refractivity contribution is -0.173. The van der Waals surface area contributed by atoms with Crippen LogP contribution in [0.15, 0.2) is 0 Å². The molecular formula is C8H16O3. The van der Waals surface area contributed by atoms with Crippen LogP contribution in [0.5, 0.6) is 0 Å². The molecule has 0 radical (unpaired) electrons. The normalized spacial score (nSPS) is 28.4. The summed E-state index contributed by atoms with van der Waals surface area (Å²) < 4.78 is 10.6. The van der Waals surface area contributed by atoms with Crippen molar-refractivity contribution in [2.75, 3.05) is 13.2 Å². The van der Waals surface area contributed by atoms with E-state index in [1.807, 2.05) is 0 Å². The van der Waals surface area contributed by atoms with E-state index >= 15 is 0 Å². The van der Waals surface area contributed by atoms with Gasteiger partial charge in [0.1, 0.15) is 0 Å². The Morgan fingerprint density at radius 2 is 2.45 bits per heavy atom. The predicted octanol–water partition coefficient (Wildman–Crippen LogP) is 0.910. The summed E-state index contributed by atoms with van der Waals surface area (Å²) in [5, 5.41) is 8.90. The van der Waals surface area contributed by atoms with E-state index in [0.717, 1.165) is 19.4 Å². The molecule has 1 saturated heterocycles. The van der Waals surface area contributed by atoms with Crippen molar-refractivity contribution in [3.63, 3.8) is 0 Å². The summed E-state index contributed by atoms with van der Waals surface area (Å²) in [6.45, 7) is 2.89. The molecule has 2 unspecified atom stereocenters. The Kier molecular flexibility index (Phi) is 3.83. The third-order valence-corrected chi connectivity index (χ3v) is 1.66. The van der Waals surface area contributed by atoms with Crippen LogP contribution in [0.2, 0.25) is 0 Å². The molecule has 0 aromatic rings. The highest BCUT2D eigenvalue weighted by Gasteiger charge is 2.14. The van der Waals surface area contributed by atoms with Gasteiger partial charge in [0.25, 0.3) is 0 Å². The minimum absolute atomic E-state index is 0.0710. The van der Waals surface area contributed by atoms with E-state index in [4.69, 9.17) is 14.6 Å². The van der Waals surface area contributed by atoms with Gasteiger partial charge in [-0.15, -0.1) is 0 Å². The van der Waals surface area contributed by atoms with E-state index in [9.17, 15) is 0 Å². The third kappa shape index (κ3) is 3.70. The molecule has 66 valence electrons. The van der Waals surface area contributed by atoms with Crippen LogP contribution in [0, 0.1) is 0 Å². The zero-order valence-corrected chi connectivity index (χ0v) is 6.95. The molecule has 0 aliphatic carbocycles. The van der Waals surface area contributed by atoms with E-state index < -0.39 is 0 Å². The Bertz CT molecular complexity index is 97.5. The third-order valence-electron chi connectivity index (χ3n) is 1.66. The second-order valence-electron chi connectivity index (χ2n) is 2.98. The summed E-state index contributed by atoms with van der Waals surface area (Å²) in [5.41, 5.74) is 0. The molecule has 1 fully saturated rings. The van der Waals surface area contributed by atoms with Gasteiger partial charge in [-0.3, -0.25) is 0 Å². The lowest BCUT2D eigenvalue weighted by Crippen LogP contribution is -2.25. The highest BCUT2D eigenvalue weighted by atomic mass is 16.7. The number of aliphatic hydroxyl groups is 1. The summed E-state index contributed by atoms with van der Waals surface area (Å²) in [6.07, 6.45) is 2.81. The molecule has 0 bridgehead atoms. The van der Waals surface area contributed by atoms with Gasteiger partial charge in [-0.05, 0) is 26.2 Å². The van der Waals surface area contributed by atoms with Gasteiger partial charge in [-0.2, -0.15) is 0 Å². The van der Waals surface area contributed by atoms with Crippen LogP contribution < -0.4 is 0 Å². The summed E-state index contributed by atoms with van der Waals surface area (Å²) in [5.74, 6) is 0. The molecule has 1 aliphatic heterocycles. The molecule has 1 heterocycles. The molecule has 1 rings (SSSR count). The molecule has 3 nitrogen and oxygen atoms in total. The minimum atomic E-state index is -0.388. The summed E-state index contributed by atoms with van der Waals surface area (Å²) in [4.78, 5) is 0. The van der Waals surface area contributed by atoms with Crippen molar-refractivity contribution >= 4 is 0 Å². The van der Waals surface area contributed by atoms with Crippen molar-refractivity contribution < 1.29 is 14.6 Å². The Hall–Kier alpha value is -0.120. The Morgan fingerprint density at radius 1 is 1.64 bits per heavy atom. The Morgan fingerprint density at radius 3 is 3.00 bits per heavy atom. The lowest BCUT2D eigenvalue weighted by atomic mass is 10.2. The first kappa shape index (κ1) is 8.97. The van der Waals surface area contributed by atoms with Gasteiger partial charge in [0, 0.05) is 6.61 Å². The van der Waals surface area contributed by atoms with Crippen LogP contribution >= 0.6 is 0 Å². The first-order chi connectivity index (χ1) is 5.29. The van der Waals surface area contributed by atoms with Crippen molar-refractivity contribution in [2.45, 2.75) is 38.6 Å². The standard InChI is InChI=1S/C8H16O3/c1-7(9)6-11-8-4-2-3-5-10-8/h7-9H,2-6H2,1H3. The molecular weight excluding hydrogens is 144 g/mol. The quantitative estimate of drug-likeness (QED) is 0.667. The molecule has 1 aliphatic rings. The Balaban J connectivity index is 2.05. The van der Waals surface area contributed by atoms with E-state index in [1.54, 1.807) is 6.92 Å². The smallest absolute Gasteiger partial charge is 0.157 e. The van der Waals surface area contributed by atoms with Crippen molar-refractivity contribution in [2.24, 2.45) is 0 Å². The Labute approximate surface area is 67.3 Å². The average molecular weight is 160 g/mol. The molecule has 1 N–H and O–H groups in total. The second kappa shape index (κ2) is 4.70. The maximum absolute atomic E-state index is 8.90. The van der Waals surface area contributed by atoms with Gasteiger partial charge in [0.2, 0.25) is 0 Å². The summed E-state index contributed by atoms with van der Waals surface area (Å²) >= 11 is 0. The maximum Gasteiger partial charge on any atom is 0.157 e. The average Bonchev–Trinajstić information content (AvgIpc) is 2.03. The zero-order chi connectivity index (χ0) is 8.10. The molecule has 0 saturated carbocycles. The van der Waals surface area contributed by atoms with Crippen molar-refractivity contribution in [1.29, 1.82) is 0 Å². The van der Waals surface area contributed by atoms with Crippen molar-refractivity contribution in [3.05, 3.63) is 0 Å². The fourth-order valence-electron chi connectivity index (χ4n) is 1.09. The largest absolute Gasteiger partial charge is 0.391 e. The first-order valence-corrected chi connectivity index (χ1v) is 4.20. The maximum atomic E-state index is 8.90. The van der Waals surface area contributed by atoms with Gasteiger partial charge in [-0.25, -0.2) is 0 Å². The van der Waals surface area contributed by atoms with Gasteiger partial charge in [0.05, 0.1) is 12.7 Å². The number of hydrogen-bond donors (Lipinski definition) is 1. The lowest BCUT2D eigenvalue weighted by Gasteiger charge is -2.23. The fraction of sp³-hybridized carbons (Fsp3) is 1.00. The topological polar surface area (TPSA) is 38.7 Å². The molecule has 0 amide bonds. The van der Waals surface area contributed by atoms with E-state index in [1.165, 1.54) is 6.42 Å². The number of ether oxygens (including phenoxy) is 2. The SMILES string of the molecule is CC(O)COC1CCCCO1. The number of aliphatic hydroxyl groups excluding tert-OH is 1. The highest BCUT2D eigenvalue weighted by molar-refractivity contribution is 4.54. The van der Waals surface area contributed by atoms with Crippen molar-refractivity contribution in [1.82, 2.24) is 0 Å². The van der Waals surface area contributed by atoms with Gasteiger partial charge >= 0.3 is 0 Å². The van der Waals surface area contributed by atoms with Crippen LogP contribution in [0.25, 0.3) is 0 Å². The molecule has 2 atom stereocenters. The van der Waals surface area contributed by atoms with Crippen molar-refractivity contribution in [3.8, 4) is 0 Å². The van der Waals surface area contributed by atoms with E-state index in [0.29, 0.717) is 6.61 Å². The summed E-state index contributed by atoms with van der Waals surface area (Å²) in [6, 6.07) is 0. The summed E-state index contributed by atoms with van der Waals surface area (Å²) in [7, 11) is 0. The zero-order valence-electron chi connectivity index (χ0n) is 6.95. The molecule has 11 heavy (non-hydrogen) atoms. The highest BCUT2D eigenvalue weighted by Crippen LogP contribution is 2.13. The van der Waals surface area contributed by atoms with Gasteiger partial charge in [0.15, 0.2) is 6.29 Å². The molecule has 0 spiro atoms. The molecule has 0 aromatic heterocycles.